The second-order valence-electron chi connectivity index (χ2n) is 4.22. The minimum Gasteiger partial charge on any atom is -0.440 e. The molecule has 0 unspecified atom stereocenters. The van der Waals surface area contributed by atoms with Gasteiger partial charge in [0, 0.05) is 6.54 Å². The molecule has 5 heteroatoms. The molecule has 2 aliphatic heterocycles. The fourth-order valence-electron chi connectivity index (χ4n) is 2.81. The van der Waals surface area contributed by atoms with E-state index in [9.17, 15) is 9.90 Å². The Labute approximate surface area is 92.6 Å². The van der Waals surface area contributed by atoms with Gasteiger partial charge < -0.3 is 14.9 Å². The summed E-state index contributed by atoms with van der Waals surface area (Å²) in [7, 11) is 0. The zero-order chi connectivity index (χ0) is 11.3. The Morgan fingerprint density at radius 3 is 3.19 bits per heavy atom. The third-order valence-electron chi connectivity index (χ3n) is 3.45. The van der Waals surface area contributed by atoms with Crippen molar-refractivity contribution in [1.29, 1.82) is 0 Å². The molecule has 1 amide bonds. The van der Waals surface area contributed by atoms with Gasteiger partial charge >= 0.3 is 6.09 Å². The van der Waals surface area contributed by atoms with Crippen LogP contribution >= 0.6 is 0 Å². The molecular formula is C11H13NO4. The number of aliphatic hydroxyl groups is 2. The van der Waals surface area contributed by atoms with Crippen molar-refractivity contribution in [2.45, 2.75) is 24.7 Å². The van der Waals surface area contributed by atoms with Crippen molar-refractivity contribution in [2.75, 3.05) is 13.2 Å². The average molecular weight is 223 g/mol. The van der Waals surface area contributed by atoms with E-state index in [0.29, 0.717) is 12.1 Å². The molecule has 5 nitrogen and oxygen atoms in total. The van der Waals surface area contributed by atoms with E-state index in [1.165, 1.54) is 0 Å². The van der Waals surface area contributed by atoms with Crippen LogP contribution in [-0.4, -0.2) is 52.6 Å². The molecule has 2 fully saturated rings. The molecule has 0 spiro atoms. The molecule has 0 bridgehead atoms. The van der Waals surface area contributed by atoms with Gasteiger partial charge in [0.1, 0.15) is 12.1 Å². The molecule has 0 aromatic heterocycles. The number of carbonyl (C=O) groups excluding carboxylic acids is 1. The molecule has 1 aliphatic carbocycles. The van der Waals surface area contributed by atoms with E-state index >= 15 is 0 Å². The summed E-state index contributed by atoms with van der Waals surface area (Å²) in [6.45, 7) is 0.528. The minimum absolute atomic E-state index is 0.114. The van der Waals surface area contributed by atoms with Crippen LogP contribution in [-0.2, 0) is 4.74 Å². The lowest BCUT2D eigenvalue weighted by molar-refractivity contribution is 0.0579. The standard InChI is InChI=1S/C11H13NO4/c13-5-3-7-6-2-1-4-12-8(6)10(9(7)14)16-11(12)15/h2-3,8-10,13-14H,1,4-5H2/t8-,9-,10-/m0/s1. The van der Waals surface area contributed by atoms with Gasteiger partial charge in [0.2, 0.25) is 0 Å². The summed E-state index contributed by atoms with van der Waals surface area (Å²) < 4.78 is 5.16. The maximum atomic E-state index is 11.5. The molecule has 1 saturated carbocycles. The lowest BCUT2D eigenvalue weighted by Gasteiger charge is -2.25. The van der Waals surface area contributed by atoms with E-state index in [1.807, 2.05) is 6.08 Å². The number of amides is 1. The lowest BCUT2D eigenvalue weighted by Crippen LogP contribution is -2.38. The van der Waals surface area contributed by atoms with Crippen molar-refractivity contribution >= 4 is 6.09 Å². The Kier molecular flexibility index (Phi) is 2.05. The Bertz CT molecular complexity index is 401. The van der Waals surface area contributed by atoms with Crippen molar-refractivity contribution in [3.05, 3.63) is 23.3 Å². The zero-order valence-electron chi connectivity index (χ0n) is 8.67. The Hall–Kier alpha value is -1.33. The van der Waals surface area contributed by atoms with Gasteiger partial charge in [-0.25, -0.2) is 4.79 Å². The predicted octanol–water partition coefficient (Wildman–Crippen LogP) is -0.201. The zero-order valence-corrected chi connectivity index (χ0v) is 8.67. The number of aliphatic hydroxyl groups excluding tert-OH is 2. The first-order valence-electron chi connectivity index (χ1n) is 5.40. The van der Waals surface area contributed by atoms with E-state index in [1.54, 1.807) is 11.0 Å². The SMILES string of the molecule is O=C1O[C@@H]2[C@@H](O)C(=CCO)C3=CCCN1[C@@H]32. The molecule has 2 N–H and O–H groups in total. The number of ether oxygens (including phenoxy) is 1. The quantitative estimate of drug-likeness (QED) is 0.646. The molecule has 0 aromatic carbocycles. The number of hydrogen-bond donors (Lipinski definition) is 2. The van der Waals surface area contributed by atoms with Gasteiger partial charge in [-0.1, -0.05) is 12.2 Å². The van der Waals surface area contributed by atoms with Gasteiger partial charge in [-0.05, 0) is 17.6 Å². The van der Waals surface area contributed by atoms with Crippen molar-refractivity contribution in [3.63, 3.8) is 0 Å². The van der Waals surface area contributed by atoms with Crippen LogP contribution in [0.3, 0.4) is 0 Å². The highest BCUT2D eigenvalue weighted by Gasteiger charge is 2.55. The highest BCUT2D eigenvalue weighted by molar-refractivity contribution is 5.74. The Morgan fingerprint density at radius 2 is 2.44 bits per heavy atom. The molecule has 3 rings (SSSR count). The molecule has 3 aliphatic rings. The molecule has 3 atom stereocenters. The molecule has 1 saturated heterocycles. The summed E-state index contributed by atoms with van der Waals surface area (Å²) in [5.41, 5.74) is 1.64. The van der Waals surface area contributed by atoms with E-state index < -0.39 is 12.2 Å². The van der Waals surface area contributed by atoms with Gasteiger partial charge in [-0.15, -0.1) is 0 Å². The maximum absolute atomic E-state index is 11.5. The first-order chi connectivity index (χ1) is 7.74. The fourth-order valence-corrected chi connectivity index (χ4v) is 2.81. The monoisotopic (exact) mass is 223 g/mol. The van der Waals surface area contributed by atoms with Gasteiger partial charge in [0.05, 0.1) is 6.61 Å². The van der Waals surface area contributed by atoms with Gasteiger partial charge in [0.25, 0.3) is 0 Å². The van der Waals surface area contributed by atoms with Crippen LogP contribution in [0.1, 0.15) is 6.42 Å². The van der Waals surface area contributed by atoms with E-state index in [-0.39, 0.29) is 18.7 Å². The van der Waals surface area contributed by atoms with Crippen LogP contribution in [0.5, 0.6) is 0 Å². The van der Waals surface area contributed by atoms with Crippen LogP contribution < -0.4 is 0 Å². The average Bonchev–Trinajstić information content (AvgIpc) is 2.75. The third-order valence-corrected chi connectivity index (χ3v) is 3.45. The minimum atomic E-state index is -0.810. The molecule has 2 heterocycles. The van der Waals surface area contributed by atoms with Crippen LogP contribution in [0.2, 0.25) is 0 Å². The topological polar surface area (TPSA) is 70.0 Å². The Balaban J connectivity index is 2.05. The van der Waals surface area contributed by atoms with Crippen molar-refractivity contribution in [2.24, 2.45) is 0 Å². The lowest BCUT2D eigenvalue weighted by atomic mass is 10.0. The van der Waals surface area contributed by atoms with E-state index in [0.717, 1.165) is 12.0 Å². The first-order valence-corrected chi connectivity index (χ1v) is 5.40. The fraction of sp³-hybridized carbons (Fsp3) is 0.545. The normalized spacial score (nSPS) is 38.8. The number of nitrogens with zero attached hydrogens (tertiary/aromatic N) is 1. The Morgan fingerprint density at radius 1 is 1.62 bits per heavy atom. The van der Waals surface area contributed by atoms with Gasteiger partial charge in [0.15, 0.2) is 6.10 Å². The summed E-state index contributed by atoms with van der Waals surface area (Å²) in [6.07, 6.45) is 2.72. The summed E-state index contributed by atoms with van der Waals surface area (Å²) >= 11 is 0. The number of rotatable bonds is 1. The van der Waals surface area contributed by atoms with Crippen LogP contribution in [0, 0.1) is 0 Å². The molecule has 86 valence electrons. The molecule has 0 radical (unpaired) electrons. The van der Waals surface area contributed by atoms with Crippen LogP contribution in [0.15, 0.2) is 23.3 Å². The summed E-state index contributed by atoms with van der Waals surface area (Å²) in [5, 5.41) is 19.0. The van der Waals surface area contributed by atoms with Crippen LogP contribution in [0.25, 0.3) is 0 Å². The summed E-state index contributed by atoms with van der Waals surface area (Å²) in [5.74, 6) is 0. The van der Waals surface area contributed by atoms with E-state index in [2.05, 4.69) is 0 Å². The molecular weight excluding hydrogens is 210 g/mol. The molecule has 16 heavy (non-hydrogen) atoms. The van der Waals surface area contributed by atoms with Crippen molar-refractivity contribution in [1.82, 2.24) is 4.90 Å². The second kappa shape index (κ2) is 3.33. The third kappa shape index (κ3) is 1.10. The predicted molar refractivity (Wildman–Crippen MR) is 54.6 cm³/mol. The van der Waals surface area contributed by atoms with Gasteiger partial charge in [-0.2, -0.15) is 0 Å². The van der Waals surface area contributed by atoms with Crippen LogP contribution in [0.4, 0.5) is 4.79 Å². The second-order valence-corrected chi connectivity index (χ2v) is 4.22. The highest BCUT2D eigenvalue weighted by Crippen LogP contribution is 2.43. The molecule has 0 aromatic rings. The smallest absolute Gasteiger partial charge is 0.410 e. The number of hydrogen-bond acceptors (Lipinski definition) is 4. The van der Waals surface area contributed by atoms with Crippen molar-refractivity contribution < 1.29 is 19.7 Å². The van der Waals surface area contributed by atoms with Crippen molar-refractivity contribution in [3.8, 4) is 0 Å². The summed E-state index contributed by atoms with van der Waals surface area (Å²) in [4.78, 5) is 13.2. The first kappa shape index (κ1) is 9.86. The highest BCUT2D eigenvalue weighted by atomic mass is 16.6. The maximum Gasteiger partial charge on any atom is 0.410 e. The summed E-state index contributed by atoms with van der Waals surface area (Å²) in [6, 6.07) is -0.158. The van der Waals surface area contributed by atoms with Gasteiger partial charge in [-0.3, -0.25) is 4.90 Å². The largest absolute Gasteiger partial charge is 0.440 e. The number of carbonyl (C=O) groups is 1. The van der Waals surface area contributed by atoms with E-state index in [4.69, 9.17) is 9.84 Å².